The van der Waals surface area contributed by atoms with Crippen LogP contribution in [0.1, 0.15) is 5.56 Å². The minimum Gasteiger partial charge on any atom is -0.253 e. The molecule has 0 unspecified atom stereocenters. The molecule has 0 spiro atoms. The van der Waals surface area contributed by atoms with Gasteiger partial charge in [0.1, 0.15) is 16.9 Å². The second-order valence-electron chi connectivity index (χ2n) is 4.14. The number of benzene rings is 1. The molecule has 1 nitrogen and oxygen atoms in total. The summed E-state index contributed by atoms with van der Waals surface area (Å²) in [5.74, 6) is -2.54. The Balaban J connectivity index is 3.01. The second kappa shape index (κ2) is 4.67. The van der Waals surface area contributed by atoms with Crippen molar-refractivity contribution in [3.63, 3.8) is 0 Å². The van der Waals surface area contributed by atoms with Gasteiger partial charge in [0.15, 0.2) is 5.82 Å². The van der Waals surface area contributed by atoms with Gasteiger partial charge < -0.3 is 0 Å². The lowest BCUT2D eigenvalue weighted by atomic mass is 10.1. The molecule has 1 aromatic heterocycles. The van der Waals surface area contributed by atoms with Crippen molar-refractivity contribution in [1.82, 2.24) is 4.98 Å². The molecule has 0 atom stereocenters. The van der Waals surface area contributed by atoms with Gasteiger partial charge in [0.2, 0.25) is 0 Å². The smallest absolute Gasteiger partial charge is 0.253 e. The summed E-state index contributed by atoms with van der Waals surface area (Å²) in [6.45, 7) is 2.88. The normalized spacial score (nSPS) is 12.4. The lowest BCUT2D eigenvalue weighted by molar-refractivity contribution is -0.139. The van der Waals surface area contributed by atoms with E-state index < -0.39 is 42.0 Å². The Morgan fingerprint density at radius 3 is 2.26 bits per heavy atom. The van der Waals surface area contributed by atoms with Gasteiger partial charge in [0, 0.05) is 16.9 Å². The summed E-state index contributed by atoms with van der Waals surface area (Å²) in [4.78, 5) is 3.64. The van der Waals surface area contributed by atoms with Crippen LogP contribution in [0.2, 0.25) is 0 Å². The Hall–Kier alpha value is -1.29. The first-order chi connectivity index (χ1) is 8.75. The highest BCUT2D eigenvalue weighted by Crippen LogP contribution is 2.40. The number of nitrogens with zero attached hydrogens (tertiary/aromatic N) is 1. The maximum absolute atomic E-state index is 14.2. The molecule has 0 aliphatic rings. The molecule has 0 saturated carbocycles. The molecule has 0 N–H and O–H groups in total. The molecule has 19 heavy (non-hydrogen) atoms. The van der Waals surface area contributed by atoms with Crippen LogP contribution in [0.5, 0.6) is 0 Å². The third-order valence-corrected chi connectivity index (χ3v) is 3.96. The highest BCUT2D eigenvalue weighted by atomic mass is 31.1. The van der Waals surface area contributed by atoms with Gasteiger partial charge in [-0.25, -0.2) is 8.78 Å². The Morgan fingerprint density at radius 1 is 1.11 bits per heavy atom. The summed E-state index contributed by atoms with van der Waals surface area (Å²) >= 11 is 0. The maximum atomic E-state index is 14.2. The zero-order valence-corrected chi connectivity index (χ0v) is 10.9. The van der Waals surface area contributed by atoms with Gasteiger partial charge >= 0.3 is 6.18 Å². The van der Waals surface area contributed by atoms with E-state index in [-0.39, 0.29) is 5.52 Å². The fraction of sp³-hybridized carbons (Fsp3) is 0.250. The number of hydrogen-bond donors (Lipinski definition) is 0. The summed E-state index contributed by atoms with van der Waals surface area (Å²) in [7, 11) is -1.47. The van der Waals surface area contributed by atoms with Gasteiger partial charge in [0.05, 0.1) is 0 Å². The highest BCUT2D eigenvalue weighted by molar-refractivity contribution is 7.64. The largest absolute Gasteiger partial charge is 0.419 e. The van der Waals surface area contributed by atoms with E-state index >= 15 is 0 Å². The summed E-state index contributed by atoms with van der Waals surface area (Å²) in [5.41, 5.74) is -1.87. The van der Waals surface area contributed by atoms with Crippen LogP contribution in [0.25, 0.3) is 10.9 Å². The van der Waals surface area contributed by atoms with E-state index in [4.69, 9.17) is 0 Å². The lowest BCUT2D eigenvalue weighted by Crippen LogP contribution is -2.24. The van der Waals surface area contributed by atoms with Crippen LogP contribution in [0, 0.1) is 11.6 Å². The van der Waals surface area contributed by atoms with E-state index in [2.05, 4.69) is 4.98 Å². The number of alkyl halides is 3. The zero-order chi connectivity index (χ0) is 14.4. The topological polar surface area (TPSA) is 12.9 Å². The molecule has 0 bridgehead atoms. The average molecular weight is 293 g/mol. The summed E-state index contributed by atoms with van der Waals surface area (Å²) in [6.07, 6.45) is -3.72. The summed E-state index contributed by atoms with van der Waals surface area (Å²) in [6, 6.07) is 2.36. The molecule has 0 amide bonds. The van der Waals surface area contributed by atoms with Gasteiger partial charge in [0.25, 0.3) is 0 Å². The quantitative estimate of drug-likeness (QED) is 0.574. The van der Waals surface area contributed by atoms with Gasteiger partial charge in [-0.2, -0.15) is 13.2 Å². The van der Waals surface area contributed by atoms with Crippen molar-refractivity contribution in [3.8, 4) is 0 Å². The van der Waals surface area contributed by atoms with Crippen molar-refractivity contribution in [2.75, 3.05) is 13.3 Å². The van der Waals surface area contributed by atoms with Crippen LogP contribution in [0.15, 0.2) is 18.3 Å². The fourth-order valence-electron chi connectivity index (χ4n) is 1.90. The van der Waals surface area contributed by atoms with Crippen LogP contribution < -0.4 is 5.30 Å². The molecule has 0 saturated heterocycles. The van der Waals surface area contributed by atoms with Crippen molar-refractivity contribution < 1.29 is 22.0 Å². The Labute approximate surface area is 107 Å². The molecule has 0 radical (unpaired) electrons. The Morgan fingerprint density at radius 2 is 1.74 bits per heavy atom. The van der Waals surface area contributed by atoms with Gasteiger partial charge in [-0.05, 0) is 25.5 Å². The van der Waals surface area contributed by atoms with Crippen molar-refractivity contribution in [3.05, 3.63) is 35.5 Å². The summed E-state index contributed by atoms with van der Waals surface area (Å²) < 4.78 is 67.1. The molecule has 0 aliphatic carbocycles. The van der Waals surface area contributed by atoms with Crippen LogP contribution in [-0.4, -0.2) is 18.3 Å². The second-order valence-corrected chi connectivity index (χ2v) is 6.38. The van der Waals surface area contributed by atoms with E-state index in [1.165, 1.54) is 25.6 Å². The van der Waals surface area contributed by atoms with E-state index in [0.717, 1.165) is 6.07 Å². The zero-order valence-electron chi connectivity index (χ0n) is 10.0. The summed E-state index contributed by atoms with van der Waals surface area (Å²) in [5, 5.41) is -1.07. The molecule has 2 rings (SSSR count). The van der Waals surface area contributed by atoms with E-state index in [0.29, 0.717) is 0 Å². The first-order valence-corrected chi connectivity index (χ1v) is 7.49. The number of pyridine rings is 1. The van der Waals surface area contributed by atoms with Crippen molar-refractivity contribution in [2.45, 2.75) is 6.18 Å². The standard InChI is InChI=1S/C12H9F5NP/c1-19(2)11-7(12(15,16)17)8(13)6-4-3-5-18-10(6)9(11)14/h3-5H,1-2H3. The molecule has 0 aliphatic heterocycles. The number of halogens is 5. The molecule has 2 aromatic rings. The molecule has 1 heterocycles. The van der Waals surface area contributed by atoms with Crippen molar-refractivity contribution in [2.24, 2.45) is 0 Å². The molecular weight excluding hydrogens is 284 g/mol. The predicted octanol–water partition coefficient (Wildman–Crippen LogP) is 3.90. The van der Waals surface area contributed by atoms with Gasteiger partial charge in [-0.15, -0.1) is 0 Å². The van der Waals surface area contributed by atoms with E-state index in [9.17, 15) is 22.0 Å². The van der Waals surface area contributed by atoms with E-state index in [1.807, 2.05) is 0 Å². The molecular formula is C12H9F5NP. The minimum absolute atomic E-state index is 0.362. The van der Waals surface area contributed by atoms with Crippen LogP contribution in [0.4, 0.5) is 22.0 Å². The lowest BCUT2D eigenvalue weighted by Gasteiger charge is -2.19. The van der Waals surface area contributed by atoms with Crippen LogP contribution in [-0.2, 0) is 6.18 Å². The number of aromatic nitrogens is 1. The van der Waals surface area contributed by atoms with Crippen LogP contribution >= 0.6 is 7.92 Å². The van der Waals surface area contributed by atoms with Crippen LogP contribution in [0.3, 0.4) is 0 Å². The molecule has 7 heteroatoms. The highest BCUT2D eigenvalue weighted by Gasteiger charge is 2.40. The first-order valence-electron chi connectivity index (χ1n) is 5.25. The average Bonchev–Trinajstić information content (AvgIpc) is 2.31. The Bertz CT molecular complexity index is 636. The van der Waals surface area contributed by atoms with Gasteiger partial charge in [-0.1, -0.05) is 7.92 Å². The van der Waals surface area contributed by atoms with Gasteiger partial charge in [-0.3, -0.25) is 4.98 Å². The monoisotopic (exact) mass is 293 g/mol. The van der Waals surface area contributed by atoms with E-state index in [1.54, 1.807) is 0 Å². The fourth-order valence-corrected chi connectivity index (χ4v) is 3.07. The Kier molecular flexibility index (Phi) is 3.47. The minimum atomic E-state index is -4.93. The molecule has 0 fully saturated rings. The number of hydrogen-bond acceptors (Lipinski definition) is 1. The number of fused-ring (bicyclic) bond motifs is 1. The third kappa shape index (κ3) is 2.29. The number of rotatable bonds is 1. The maximum Gasteiger partial charge on any atom is 0.419 e. The molecule has 1 aromatic carbocycles. The van der Waals surface area contributed by atoms with Crippen molar-refractivity contribution in [1.29, 1.82) is 0 Å². The third-order valence-electron chi connectivity index (χ3n) is 2.65. The molecule has 102 valence electrons. The first kappa shape index (κ1) is 14.1. The predicted molar refractivity (Wildman–Crippen MR) is 65.1 cm³/mol. The van der Waals surface area contributed by atoms with Crippen molar-refractivity contribution >= 4 is 24.1 Å². The SMILES string of the molecule is CP(C)c1c(C(F)(F)F)c(F)c2cccnc2c1F.